The number of aromatic nitrogens is 1. The first-order valence-corrected chi connectivity index (χ1v) is 13.1. The predicted molar refractivity (Wildman–Crippen MR) is 111 cm³/mol. The molecule has 144 valence electrons. The highest BCUT2D eigenvalue weighted by Gasteiger charge is 2.37. The number of pyridine rings is 1. The second-order valence-electron chi connectivity index (χ2n) is 9.12. The molecule has 0 aliphatic heterocycles. The van der Waals surface area contributed by atoms with Crippen LogP contribution in [0.4, 0.5) is 0 Å². The lowest BCUT2D eigenvalue weighted by Crippen LogP contribution is -2.47. The number of hydrogen-bond acceptors (Lipinski definition) is 4. The molecule has 0 aliphatic rings. The minimum atomic E-state index is -1.76. The molecule has 0 saturated carbocycles. The summed E-state index contributed by atoms with van der Waals surface area (Å²) in [6, 6.07) is 6.01. The molecule has 0 fully saturated rings. The van der Waals surface area contributed by atoms with Gasteiger partial charge in [0, 0.05) is 36.3 Å². The van der Waals surface area contributed by atoms with Crippen LogP contribution >= 0.6 is 0 Å². The van der Waals surface area contributed by atoms with Gasteiger partial charge in [-0.25, -0.2) is 0 Å². The molecule has 1 rings (SSSR count). The van der Waals surface area contributed by atoms with Gasteiger partial charge in [-0.15, -0.1) is 4.72 Å². The van der Waals surface area contributed by atoms with Crippen molar-refractivity contribution in [2.75, 3.05) is 6.61 Å². The molecular weight excluding hydrogens is 348 g/mol. The quantitative estimate of drug-likeness (QED) is 0.531. The Bertz CT molecular complexity index is 512. The van der Waals surface area contributed by atoms with Gasteiger partial charge in [0.05, 0.1) is 6.04 Å². The smallest absolute Gasteiger partial charge is 0.191 e. The van der Waals surface area contributed by atoms with Gasteiger partial charge in [0.15, 0.2) is 8.32 Å². The van der Waals surface area contributed by atoms with E-state index in [4.69, 9.17) is 4.43 Å². The first-order valence-electron chi connectivity index (χ1n) is 9.05. The van der Waals surface area contributed by atoms with Crippen molar-refractivity contribution in [1.82, 2.24) is 9.71 Å². The van der Waals surface area contributed by atoms with Crippen LogP contribution in [-0.4, -0.2) is 35.2 Å². The molecule has 0 radical (unpaired) electrons. The van der Waals surface area contributed by atoms with Gasteiger partial charge in [-0.3, -0.25) is 4.98 Å². The Hall–Kier alpha value is -0.403. The van der Waals surface area contributed by atoms with Crippen LogP contribution in [0.2, 0.25) is 18.1 Å². The first kappa shape index (κ1) is 22.6. The molecule has 0 spiro atoms. The van der Waals surface area contributed by atoms with E-state index in [9.17, 15) is 4.55 Å². The van der Waals surface area contributed by atoms with Crippen LogP contribution in [0.25, 0.3) is 0 Å². The fraction of sp³-hybridized carbons (Fsp3) is 0.737. The zero-order valence-corrected chi connectivity index (χ0v) is 19.0. The number of nitrogens with one attached hydrogen (secondary N) is 1. The number of nitrogens with zero attached hydrogens (tertiary/aromatic N) is 1. The van der Waals surface area contributed by atoms with E-state index in [2.05, 4.69) is 43.6 Å². The fourth-order valence-corrected chi connectivity index (χ4v) is 3.89. The van der Waals surface area contributed by atoms with Crippen LogP contribution in [0, 0.1) is 0 Å². The second kappa shape index (κ2) is 9.00. The van der Waals surface area contributed by atoms with Gasteiger partial charge in [0.2, 0.25) is 0 Å². The number of hydrogen-bond donors (Lipinski definition) is 1. The van der Waals surface area contributed by atoms with Crippen molar-refractivity contribution in [3.63, 3.8) is 0 Å². The normalized spacial score (nSPS) is 15.9. The van der Waals surface area contributed by atoms with E-state index in [1.165, 1.54) is 0 Å². The third-order valence-electron chi connectivity index (χ3n) is 4.75. The highest BCUT2D eigenvalue weighted by atomic mass is 32.2. The minimum Gasteiger partial charge on any atom is -0.598 e. The largest absolute Gasteiger partial charge is 0.598 e. The van der Waals surface area contributed by atoms with Gasteiger partial charge >= 0.3 is 0 Å². The maximum absolute atomic E-state index is 12.5. The summed E-state index contributed by atoms with van der Waals surface area (Å²) >= 11 is -1.10. The van der Waals surface area contributed by atoms with E-state index in [1.807, 2.05) is 39.0 Å². The predicted octanol–water partition coefficient (Wildman–Crippen LogP) is 4.46. The minimum absolute atomic E-state index is 0.0831. The zero-order chi connectivity index (χ0) is 19.3. The molecule has 1 aromatic heterocycles. The molecule has 1 N–H and O–H groups in total. The molecule has 0 aromatic carbocycles. The molecule has 1 aromatic rings. The second-order valence-corrected chi connectivity index (χ2v) is 15.9. The Kier molecular flexibility index (Phi) is 8.15. The summed E-state index contributed by atoms with van der Waals surface area (Å²) in [6.07, 6.45) is 3.38. The lowest BCUT2D eigenvalue weighted by Gasteiger charge is -2.36. The standard InChI is InChI=1S/C19H36N2O2SSi/c1-18(2,3)24(22)21-17(15-16-11-9-10-13-20-16)12-14-23-25(7,8)19(4,5)6/h9-11,13,17,21H,12,14-15H2,1-8H3. The van der Waals surface area contributed by atoms with Gasteiger partial charge in [0.1, 0.15) is 4.75 Å². The average Bonchev–Trinajstić information content (AvgIpc) is 2.45. The zero-order valence-electron chi connectivity index (χ0n) is 17.2. The third kappa shape index (κ3) is 7.79. The first-order chi connectivity index (χ1) is 11.3. The molecule has 0 amide bonds. The summed E-state index contributed by atoms with van der Waals surface area (Å²) < 4.78 is 21.8. The van der Waals surface area contributed by atoms with E-state index >= 15 is 0 Å². The van der Waals surface area contributed by atoms with E-state index in [0.29, 0.717) is 6.61 Å². The van der Waals surface area contributed by atoms with Gasteiger partial charge in [0.25, 0.3) is 0 Å². The molecule has 2 atom stereocenters. The van der Waals surface area contributed by atoms with Crippen molar-refractivity contribution in [3.05, 3.63) is 30.1 Å². The molecule has 1 heterocycles. The van der Waals surface area contributed by atoms with Gasteiger partial charge < -0.3 is 8.98 Å². The van der Waals surface area contributed by atoms with Crippen LogP contribution in [0.5, 0.6) is 0 Å². The molecule has 0 aliphatic carbocycles. The van der Waals surface area contributed by atoms with Crippen molar-refractivity contribution in [2.45, 2.75) is 83.3 Å². The maximum atomic E-state index is 12.5. The average molecular weight is 385 g/mol. The summed E-state index contributed by atoms with van der Waals surface area (Å²) in [5.41, 5.74) is 1.01. The topological polar surface area (TPSA) is 57.2 Å². The highest BCUT2D eigenvalue weighted by Crippen LogP contribution is 2.36. The van der Waals surface area contributed by atoms with Crippen LogP contribution in [-0.2, 0) is 22.2 Å². The molecule has 2 unspecified atom stereocenters. The van der Waals surface area contributed by atoms with Crippen LogP contribution in [0.15, 0.2) is 24.4 Å². The summed E-state index contributed by atoms with van der Waals surface area (Å²) in [7, 11) is -1.76. The third-order valence-corrected chi connectivity index (χ3v) is 10.9. The van der Waals surface area contributed by atoms with Crippen molar-refractivity contribution in [3.8, 4) is 0 Å². The monoisotopic (exact) mass is 384 g/mol. The Balaban J connectivity index is 2.71. The molecule has 25 heavy (non-hydrogen) atoms. The van der Waals surface area contributed by atoms with Crippen LogP contribution < -0.4 is 4.72 Å². The Labute approximate surface area is 158 Å². The van der Waals surface area contributed by atoms with Crippen LogP contribution in [0.1, 0.15) is 53.7 Å². The molecule has 0 bridgehead atoms. The lowest BCUT2D eigenvalue weighted by molar-refractivity contribution is 0.267. The summed E-state index contributed by atoms with van der Waals surface area (Å²) in [5.74, 6) is 0. The highest BCUT2D eigenvalue weighted by molar-refractivity contribution is 7.90. The number of rotatable bonds is 8. The molecule has 0 saturated heterocycles. The summed E-state index contributed by atoms with van der Waals surface area (Å²) in [5, 5.41) is 0.200. The Morgan fingerprint density at radius 3 is 2.32 bits per heavy atom. The van der Waals surface area contributed by atoms with Crippen molar-refractivity contribution < 1.29 is 8.98 Å². The Morgan fingerprint density at radius 2 is 1.84 bits per heavy atom. The van der Waals surface area contributed by atoms with Crippen molar-refractivity contribution >= 4 is 19.7 Å². The van der Waals surface area contributed by atoms with Crippen molar-refractivity contribution in [1.29, 1.82) is 0 Å². The van der Waals surface area contributed by atoms with Crippen molar-refractivity contribution in [2.24, 2.45) is 0 Å². The molecule has 4 nitrogen and oxygen atoms in total. The van der Waals surface area contributed by atoms with E-state index in [0.717, 1.165) is 18.5 Å². The van der Waals surface area contributed by atoms with Crippen LogP contribution in [0.3, 0.4) is 0 Å². The van der Waals surface area contributed by atoms with E-state index in [1.54, 1.807) is 6.20 Å². The summed E-state index contributed by atoms with van der Waals surface area (Å²) in [4.78, 5) is 4.41. The SMILES string of the molecule is CC(C)(C)[S+]([O-])NC(CCO[Si](C)(C)C(C)(C)C)Cc1ccccn1. The maximum Gasteiger partial charge on any atom is 0.191 e. The molecular formula is C19H36N2O2SSi. The van der Waals surface area contributed by atoms with Gasteiger partial charge in [-0.05, 0) is 57.5 Å². The van der Waals surface area contributed by atoms with E-state index < -0.39 is 19.7 Å². The van der Waals surface area contributed by atoms with Gasteiger partial charge in [-0.2, -0.15) is 0 Å². The van der Waals surface area contributed by atoms with E-state index in [-0.39, 0.29) is 15.8 Å². The summed E-state index contributed by atoms with van der Waals surface area (Å²) in [6.45, 7) is 17.9. The fourth-order valence-electron chi connectivity index (χ4n) is 1.97. The Morgan fingerprint density at radius 1 is 1.20 bits per heavy atom. The lowest BCUT2D eigenvalue weighted by atomic mass is 10.1. The molecule has 6 heteroatoms. The van der Waals surface area contributed by atoms with Gasteiger partial charge in [-0.1, -0.05) is 26.8 Å².